The second-order valence-electron chi connectivity index (χ2n) is 5.34. The Bertz CT molecular complexity index is 702. The van der Waals surface area contributed by atoms with Crippen LogP contribution in [0.5, 0.6) is 5.75 Å². The van der Waals surface area contributed by atoms with Gasteiger partial charge in [-0.25, -0.2) is 8.78 Å². The van der Waals surface area contributed by atoms with Crippen LogP contribution in [0.25, 0.3) is 0 Å². The van der Waals surface area contributed by atoms with Gasteiger partial charge in [-0.05, 0) is 60.4 Å². The fourth-order valence-corrected chi connectivity index (χ4v) is 2.17. The van der Waals surface area contributed by atoms with E-state index in [9.17, 15) is 8.78 Å². The number of rotatable bonds is 7. The van der Waals surface area contributed by atoms with Crippen LogP contribution < -0.4 is 4.74 Å². The van der Waals surface area contributed by atoms with Crippen molar-refractivity contribution in [3.63, 3.8) is 0 Å². The molecule has 3 nitrogen and oxygen atoms in total. The highest BCUT2D eigenvalue weighted by Gasteiger charge is 2.09. The molecule has 0 amide bonds. The second kappa shape index (κ2) is 8.91. The zero-order valence-corrected chi connectivity index (χ0v) is 13.8. The number of aryl methyl sites for hydroxylation is 1. The molecule has 0 saturated carbocycles. The Morgan fingerprint density at radius 2 is 1.62 bits per heavy atom. The third-order valence-corrected chi connectivity index (χ3v) is 3.53. The average molecular weight is 330 g/mol. The van der Waals surface area contributed by atoms with Gasteiger partial charge in [-0.2, -0.15) is 10.2 Å². The molecule has 2 aromatic carbocycles. The van der Waals surface area contributed by atoms with Gasteiger partial charge in [0, 0.05) is 0 Å². The summed E-state index contributed by atoms with van der Waals surface area (Å²) in [5, 5.41) is 7.54. The van der Waals surface area contributed by atoms with Gasteiger partial charge in [0.2, 0.25) is 0 Å². The monoisotopic (exact) mass is 330 g/mol. The van der Waals surface area contributed by atoms with Crippen LogP contribution in [0.15, 0.2) is 46.6 Å². The highest BCUT2D eigenvalue weighted by atomic mass is 19.1. The van der Waals surface area contributed by atoms with E-state index in [0.717, 1.165) is 30.4 Å². The van der Waals surface area contributed by atoms with Crippen molar-refractivity contribution in [3.05, 3.63) is 64.7 Å². The highest BCUT2D eigenvalue weighted by Crippen LogP contribution is 2.16. The molecule has 2 aromatic rings. The van der Waals surface area contributed by atoms with Crippen LogP contribution in [0.3, 0.4) is 0 Å². The minimum Gasteiger partial charge on any atom is -0.497 e. The first-order chi connectivity index (χ1) is 11.6. The molecule has 0 atom stereocenters. The maximum Gasteiger partial charge on any atom is 0.135 e. The molecular weight excluding hydrogens is 310 g/mol. The first kappa shape index (κ1) is 17.8. The number of ether oxygens (including phenoxy) is 1. The van der Waals surface area contributed by atoms with E-state index in [4.69, 9.17) is 4.74 Å². The van der Waals surface area contributed by atoms with Crippen LogP contribution in [0.4, 0.5) is 8.78 Å². The lowest BCUT2D eigenvalue weighted by Gasteiger charge is -2.04. The minimum absolute atomic E-state index is 0.179. The summed E-state index contributed by atoms with van der Waals surface area (Å²) in [7, 11) is 1.59. The lowest BCUT2D eigenvalue weighted by Crippen LogP contribution is -1.97. The molecule has 0 aliphatic rings. The molecule has 0 bridgehead atoms. The Hall–Kier alpha value is -2.56. The molecule has 0 radical (unpaired) electrons. The van der Waals surface area contributed by atoms with Crippen LogP contribution in [-0.2, 0) is 6.42 Å². The van der Waals surface area contributed by atoms with E-state index in [1.54, 1.807) is 19.2 Å². The van der Waals surface area contributed by atoms with E-state index >= 15 is 0 Å². The molecule has 0 N–H and O–H groups in total. The molecule has 0 aliphatic carbocycles. The zero-order chi connectivity index (χ0) is 17.4. The Balaban J connectivity index is 2.06. The molecule has 0 unspecified atom stereocenters. The first-order valence-electron chi connectivity index (χ1n) is 7.82. The predicted molar refractivity (Wildman–Crippen MR) is 93.2 cm³/mol. The van der Waals surface area contributed by atoms with E-state index < -0.39 is 11.6 Å². The summed E-state index contributed by atoms with van der Waals surface area (Å²) in [6, 6.07) is 9.91. The van der Waals surface area contributed by atoms with Gasteiger partial charge < -0.3 is 4.74 Å². The summed E-state index contributed by atoms with van der Waals surface area (Å²) in [6.07, 6.45) is 5.14. The van der Waals surface area contributed by atoms with Crippen LogP contribution in [-0.4, -0.2) is 19.5 Å². The van der Waals surface area contributed by atoms with E-state index in [1.807, 2.05) is 19.1 Å². The van der Waals surface area contributed by atoms with E-state index in [-0.39, 0.29) is 5.56 Å². The predicted octanol–water partition coefficient (Wildman–Crippen LogP) is 4.77. The second-order valence-corrected chi connectivity index (χ2v) is 5.34. The van der Waals surface area contributed by atoms with Crippen LogP contribution >= 0.6 is 0 Å². The van der Waals surface area contributed by atoms with Crippen molar-refractivity contribution in [2.24, 2.45) is 10.2 Å². The summed E-state index contributed by atoms with van der Waals surface area (Å²) in [5.41, 5.74) is 1.29. The van der Waals surface area contributed by atoms with Gasteiger partial charge >= 0.3 is 0 Å². The quantitative estimate of drug-likeness (QED) is 0.532. The maximum atomic E-state index is 14.0. The van der Waals surface area contributed by atoms with E-state index in [0.29, 0.717) is 12.0 Å². The Kier molecular flexibility index (Phi) is 6.61. The SMILES string of the molecule is CCCCc1cc(F)c(/C=N/N=C/c2ccc(OC)cc2)c(F)c1. The van der Waals surface area contributed by atoms with Gasteiger partial charge in [-0.15, -0.1) is 0 Å². The molecule has 5 heteroatoms. The summed E-state index contributed by atoms with van der Waals surface area (Å²) < 4.78 is 33.0. The number of methoxy groups -OCH3 is 1. The molecular formula is C19H20F2N2O. The Morgan fingerprint density at radius 3 is 2.21 bits per heavy atom. The van der Waals surface area contributed by atoms with Gasteiger partial charge in [-0.1, -0.05) is 13.3 Å². The summed E-state index contributed by atoms with van der Waals surface area (Å²) >= 11 is 0. The number of unbranched alkanes of at least 4 members (excludes halogenated alkanes) is 1. The van der Waals surface area contributed by atoms with Crippen LogP contribution in [0.2, 0.25) is 0 Å². The van der Waals surface area contributed by atoms with Crippen LogP contribution in [0.1, 0.15) is 36.5 Å². The minimum atomic E-state index is -0.621. The average Bonchev–Trinajstić information content (AvgIpc) is 2.59. The molecule has 24 heavy (non-hydrogen) atoms. The van der Waals surface area contributed by atoms with Crippen molar-refractivity contribution in [2.75, 3.05) is 7.11 Å². The Morgan fingerprint density at radius 1 is 1.00 bits per heavy atom. The third kappa shape index (κ3) is 4.98. The van der Waals surface area contributed by atoms with Gasteiger partial charge in [-0.3, -0.25) is 0 Å². The molecule has 0 heterocycles. The van der Waals surface area contributed by atoms with E-state index in [1.165, 1.54) is 18.3 Å². The molecule has 0 saturated heterocycles. The summed E-state index contributed by atoms with van der Waals surface area (Å²) in [6.45, 7) is 2.04. The Labute approximate surface area is 140 Å². The largest absolute Gasteiger partial charge is 0.497 e. The number of hydrogen-bond donors (Lipinski definition) is 0. The number of nitrogens with zero attached hydrogens (tertiary/aromatic N) is 2. The third-order valence-electron chi connectivity index (χ3n) is 3.53. The standard InChI is InChI=1S/C19H20F2N2O/c1-3-4-5-15-10-18(20)17(19(21)11-15)13-23-22-12-14-6-8-16(24-2)9-7-14/h6-13H,3-5H2,1-2H3/b22-12+,23-13+. The molecule has 0 aromatic heterocycles. The fourth-order valence-electron chi connectivity index (χ4n) is 2.17. The lowest BCUT2D eigenvalue weighted by molar-refractivity contribution is 0.415. The topological polar surface area (TPSA) is 34.0 Å². The molecule has 0 fully saturated rings. The number of benzene rings is 2. The van der Waals surface area contributed by atoms with E-state index in [2.05, 4.69) is 10.2 Å². The van der Waals surface area contributed by atoms with Crippen LogP contribution in [0, 0.1) is 11.6 Å². The highest BCUT2D eigenvalue weighted by molar-refractivity contribution is 5.83. The van der Waals surface area contributed by atoms with Gasteiger partial charge in [0.15, 0.2) is 0 Å². The van der Waals surface area contributed by atoms with Crippen molar-refractivity contribution in [1.82, 2.24) is 0 Å². The molecule has 0 spiro atoms. The maximum absolute atomic E-state index is 14.0. The van der Waals surface area contributed by atoms with Crippen molar-refractivity contribution in [2.45, 2.75) is 26.2 Å². The fraction of sp³-hybridized carbons (Fsp3) is 0.263. The molecule has 0 aliphatic heterocycles. The first-order valence-corrected chi connectivity index (χ1v) is 7.82. The van der Waals surface area contributed by atoms with Gasteiger partial charge in [0.05, 0.1) is 25.1 Å². The smallest absolute Gasteiger partial charge is 0.135 e. The van der Waals surface area contributed by atoms with Gasteiger partial charge in [0.25, 0.3) is 0 Å². The summed E-state index contributed by atoms with van der Waals surface area (Å²) in [4.78, 5) is 0. The van der Waals surface area contributed by atoms with Crippen molar-refractivity contribution in [1.29, 1.82) is 0 Å². The van der Waals surface area contributed by atoms with Crippen molar-refractivity contribution < 1.29 is 13.5 Å². The normalized spacial score (nSPS) is 11.5. The number of halogens is 2. The lowest BCUT2D eigenvalue weighted by atomic mass is 10.1. The van der Waals surface area contributed by atoms with Crippen molar-refractivity contribution in [3.8, 4) is 5.75 Å². The van der Waals surface area contributed by atoms with Gasteiger partial charge in [0.1, 0.15) is 17.4 Å². The number of hydrogen-bond acceptors (Lipinski definition) is 3. The molecule has 126 valence electrons. The van der Waals surface area contributed by atoms with Crippen molar-refractivity contribution >= 4 is 12.4 Å². The zero-order valence-electron chi connectivity index (χ0n) is 13.8. The molecule has 2 rings (SSSR count). The summed E-state index contributed by atoms with van der Waals surface area (Å²) in [5.74, 6) is -0.503.